The summed E-state index contributed by atoms with van der Waals surface area (Å²) in [6.07, 6.45) is 2.13. The molecule has 0 unspecified atom stereocenters. The number of hydrogen-bond acceptors (Lipinski definition) is 9. The van der Waals surface area contributed by atoms with Crippen molar-refractivity contribution < 1.29 is 22.7 Å². The molecule has 0 aliphatic heterocycles. The van der Waals surface area contributed by atoms with E-state index in [0.29, 0.717) is 30.9 Å². The van der Waals surface area contributed by atoms with Crippen LogP contribution in [-0.2, 0) is 14.6 Å². The lowest BCUT2D eigenvalue weighted by Gasteiger charge is -2.09. The van der Waals surface area contributed by atoms with Gasteiger partial charge in [-0.15, -0.1) is 0 Å². The highest BCUT2D eigenvalue weighted by Crippen LogP contribution is 2.19. The van der Waals surface area contributed by atoms with Gasteiger partial charge in [0.25, 0.3) is 11.1 Å². The molecule has 1 N–H and O–H groups in total. The second kappa shape index (κ2) is 12.1. The van der Waals surface area contributed by atoms with Crippen molar-refractivity contribution in [2.45, 2.75) is 25.4 Å². The van der Waals surface area contributed by atoms with E-state index in [-0.39, 0.29) is 21.6 Å². The maximum absolute atomic E-state index is 12.4. The number of nitriles is 1. The first kappa shape index (κ1) is 25.9. The highest BCUT2D eigenvalue weighted by Gasteiger charge is 2.20. The van der Waals surface area contributed by atoms with Crippen LogP contribution in [0.2, 0.25) is 0 Å². The monoisotopic (exact) mass is 512 g/mol. The zero-order chi connectivity index (χ0) is 25.3. The number of benzene rings is 2. The molecule has 1 aromatic heterocycles. The molecule has 3 aromatic rings. The zero-order valence-corrected chi connectivity index (χ0v) is 20.9. The van der Waals surface area contributed by atoms with Crippen LogP contribution in [0.1, 0.15) is 24.5 Å². The molecule has 35 heavy (non-hydrogen) atoms. The molecule has 0 saturated carbocycles. The normalized spacial score (nSPS) is 11.5. The summed E-state index contributed by atoms with van der Waals surface area (Å²) in [6, 6.07) is 16.6. The number of amides is 1. The van der Waals surface area contributed by atoms with Gasteiger partial charge in [-0.05, 0) is 48.4 Å². The van der Waals surface area contributed by atoms with Crippen LogP contribution < -0.4 is 14.8 Å². The lowest BCUT2D eigenvalue weighted by molar-refractivity contribution is -0.112. The van der Waals surface area contributed by atoms with E-state index in [1.165, 1.54) is 13.0 Å². The molecule has 1 amide bonds. The van der Waals surface area contributed by atoms with Gasteiger partial charge in [0.2, 0.25) is 15.0 Å². The summed E-state index contributed by atoms with van der Waals surface area (Å²) in [5, 5.41) is 11.4. The van der Waals surface area contributed by atoms with Crippen molar-refractivity contribution in [1.82, 2.24) is 9.36 Å². The number of aryl methyl sites for hydroxylation is 1. The molecule has 0 aliphatic carbocycles. The van der Waals surface area contributed by atoms with Gasteiger partial charge < -0.3 is 9.47 Å². The Morgan fingerprint density at radius 3 is 2.51 bits per heavy atom. The van der Waals surface area contributed by atoms with Crippen LogP contribution in [0.4, 0.5) is 5.13 Å². The van der Waals surface area contributed by atoms with Crippen molar-refractivity contribution >= 4 is 38.5 Å². The van der Waals surface area contributed by atoms with Gasteiger partial charge in [0.1, 0.15) is 23.1 Å². The number of ether oxygens (including phenoxy) is 2. The average molecular weight is 513 g/mol. The molecule has 0 saturated heterocycles. The molecule has 0 bridgehead atoms. The van der Waals surface area contributed by atoms with Crippen LogP contribution in [0.25, 0.3) is 6.08 Å². The number of nitrogens with one attached hydrogen (secondary N) is 1. The van der Waals surface area contributed by atoms with E-state index in [1.54, 1.807) is 24.3 Å². The Bertz CT molecular complexity index is 1340. The summed E-state index contributed by atoms with van der Waals surface area (Å²) in [5.41, 5.74) is 1.60. The predicted octanol–water partition coefficient (Wildman–Crippen LogP) is 4.03. The molecule has 1 heterocycles. The third-order valence-electron chi connectivity index (χ3n) is 4.66. The van der Waals surface area contributed by atoms with Crippen molar-refractivity contribution in [3.8, 4) is 17.6 Å². The fourth-order valence-electron chi connectivity index (χ4n) is 2.80. The Hall–Kier alpha value is -3.75. The lowest BCUT2D eigenvalue weighted by atomic mass is 10.1. The van der Waals surface area contributed by atoms with Gasteiger partial charge in [-0.3, -0.25) is 10.1 Å². The Balaban J connectivity index is 1.51. The van der Waals surface area contributed by atoms with E-state index < -0.39 is 15.7 Å². The molecule has 11 heteroatoms. The third-order valence-corrected chi connectivity index (χ3v) is 6.90. The quantitative estimate of drug-likeness (QED) is 0.231. The van der Waals surface area contributed by atoms with Crippen molar-refractivity contribution in [1.29, 1.82) is 5.26 Å². The topological polar surface area (TPSA) is 131 Å². The summed E-state index contributed by atoms with van der Waals surface area (Å²) >= 11 is 0.732. The summed E-state index contributed by atoms with van der Waals surface area (Å²) in [7, 11) is -3.58. The van der Waals surface area contributed by atoms with Crippen LogP contribution in [-0.4, -0.2) is 42.6 Å². The maximum Gasteiger partial charge on any atom is 0.268 e. The Labute approximate surface area is 208 Å². The fraction of sp³-hybridized carbons (Fsp3) is 0.250. The van der Waals surface area contributed by atoms with Gasteiger partial charge >= 0.3 is 0 Å². The molecule has 0 atom stereocenters. The summed E-state index contributed by atoms with van der Waals surface area (Å²) < 4.78 is 38.8. The Kier molecular flexibility index (Phi) is 8.94. The first-order valence-corrected chi connectivity index (χ1v) is 13.1. The minimum atomic E-state index is -3.58. The minimum absolute atomic E-state index is 0.00157. The molecule has 0 aliphatic rings. The number of carbonyl (C=O) groups excluding carboxylic acids is 1. The number of sulfone groups is 1. The molecular weight excluding hydrogens is 488 g/mol. The minimum Gasteiger partial charge on any atom is -0.493 e. The number of nitrogens with zero attached hydrogens (tertiary/aromatic N) is 3. The first-order chi connectivity index (χ1) is 16.8. The zero-order valence-electron chi connectivity index (χ0n) is 19.2. The van der Waals surface area contributed by atoms with E-state index in [4.69, 9.17) is 9.47 Å². The number of aromatic nitrogens is 2. The average Bonchev–Trinajstić information content (AvgIpc) is 3.32. The van der Waals surface area contributed by atoms with Crippen LogP contribution in [0.5, 0.6) is 11.5 Å². The van der Waals surface area contributed by atoms with Crippen LogP contribution in [0.3, 0.4) is 0 Å². The molecule has 3 rings (SSSR count). The summed E-state index contributed by atoms with van der Waals surface area (Å²) in [5.74, 6) is 0.620. The number of carbonyl (C=O) groups is 1. The van der Waals surface area contributed by atoms with E-state index >= 15 is 0 Å². The second-order valence-corrected chi connectivity index (χ2v) is 10.3. The van der Waals surface area contributed by atoms with Crippen molar-refractivity contribution in [2.75, 3.05) is 24.3 Å². The van der Waals surface area contributed by atoms with E-state index in [1.807, 2.05) is 37.3 Å². The van der Waals surface area contributed by atoms with Crippen LogP contribution in [0.15, 0.2) is 59.3 Å². The number of anilines is 1. The molecule has 0 spiro atoms. The molecule has 182 valence electrons. The largest absolute Gasteiger partial charge is 0.493 e. The van der Waals surface area contributed by atoms with Crippen molar-refractivity contribution in [2.24, 2.45) is 0 Å². The SMILES string of the molecule is CCS(=O)(=O)c1nsc(NC(=O)/C(C#N)=C\c2ccc(OCCCOc3cccc(C)c3)cc2)n1. The lowest BCUT2D eigenvalue weighted by Crippen LogP contribution is -2.13. The first-order valence-electron chi connectivity index (χ1n) is 10.7. The van der Waals surface area contributed by atoms with E-state index in [2.05, 4.69) is 14.7 Å². The molecular formula is C24H24N4O5S2. The van der Waals surface area contributed by atoms with Crippen LogP contribution >= 0.6 is 11.5 Å². The smallest absolute Gasteiger partial charge is 0.268 e. The highest BCUT2D eigenvalue weighted by atomic mass is 32.2. The van der Waals surface area contributed by atoms with Gasteiger partial charge in [-0.2, -0.15) is 14.6 Å². The van der Waals surface area contributed by atoms with Gasteiger partial charge in [-0.25, -0.2) is 8.42 Å². The second-order valence-electron chi connectivity index (χ2n) is 7.35. The molecule has 0 fully saturated rings. The highest BCUT2D eigenvalue weighted by molar-refractivity contribution is 7.91. The van der Waals surface area contributed by atoms with Crippen molar-refractivity contribution in [3.63, 3.8) is 0 Å². The molecule has 9 nitrogen and oxygen atoms in total. The fourth-order valence-corrected chi connectivity index (χ4v) is 4.38. The van der Waals surface area contributed by atoms with Crippen LogP contribution in [0, 0.1) is 18.3 Å². The predicted molar refractivity (Wildman–Crippen MR) is 133 cm³/mol. The Morgan fingerprint density at radius 2 is 1.86 bits per heavy atom. The summed E-state index contributed by atoms with van der Waals surface area (Å²) in [4.78, 5) is 16.2. The van der Waals surface area contributed by atoms with Gasteiger partial charge in [0.05, 0.1) is 19.0 Å². The molecule has 2 aromatic carbocycles. The third kappa shape index (κ3) is 7.63. The van der Waals surface area contributed by atoms with Gasteiger partial charge in [0, 0.05) is 18.0 Å². The Morgan fingerprint density at radius 1 is 1.14 bits per heavy atom. The number of hydrogen-bond donors (Lipinski definition) is 1. The standard InChI is InChI=1S/C24H24N4O5S2/c1-3-35(30,31)24-27-23(34-28-24)26-22(29)19(16-25)15-18-8-10-20(11-9-18)32-12-5-13-33-21-7-4-6-17(2)14-21/h4,6-11,14-15H,3,5,12-13H2,1-2H3,(H,26,27,28,29)/b19-15-. The van der Waals surface area contributed by atoms with E-state index in [0.717, 1.165) is 22.8 Å². The van der Waals surface area contributed by atoms with Crippen molar-refractivity contribution in [3.05, 3.63) is 65.2 Å². The number of rotatable bonds is 11. The van der Waals surface area contributed by atoms with E-state index in [9.17, 15) is 18.5 Å². The molecule has 0 radical (unpaired) electrons. The van der Waals surface area contributed by atoms with Gasteiger partial charge in [-0.1, -0.05) is 31.2 Å². The summed E-state index contributed by atoms with van der Waals surface area (Å²) in [6.45, 7) is 4.50. The van der Waals surface area contributed by atoms with Gasteiger partial charge in [0.15, 0.2) is 0 Å². The maximum atomic E-state index is 12.4.